The first kappa shape index (κ1) is 13.8. The van der Waals surface area contributed by atoms with Crippen LogP contribution in [-0.2, 0) is 0 Å². The number of fused-ring (bicyclic) bond motifs is 2. The molecule has 20 heavy (non-hydrogen) atoms. The second kappa shape index (κ2) is 5.43. The van der Waals surface area contributed by atoms with Crippen molar-refractivity contribution in [3.05, 3.63) is 0 Å². The molecule has 4 fully saturated rings. The molecular weight excluding hydrogens is 268 g/mol. The zero-order valence-corrected chi connectivity index (χ0v) is 13.5. The van der Waals surface area contributed by atoms with Crippen LogP contribution in [0.2, 0.25) is 0 Å². The van der Waals surface area contributed by atoms with E-state index in [1.165, 1.54) is 38.0 Å². The average Bonchev–Trinajstić information content (AvgIpc) is 3.07. The molecule has 0 spiro atoms. The number of hydrogen-bond acceptors (Lipinski definition) is 5. The molecule has 3 N–H and O–H groups in total. The lowest BCUT2D eigenvalue weighted by atomic mass is 9.81. The van der Waals surface area contributed by atoms with Crippen molar-refractivity contribution in [1.29, 1.82) is 0 Å². The van der Waals surface area contributed by atoms with Crippen molar-refractivity contribution in [2.24, 2.45) is 0 Å². The molecule has 114 valence electrons. The van der Waals surface area contributed by atoms with Gasteiger partial charge in [-0.3, -0.25) is 10.2 Å². The van der Waals surface area contributed by atoms with Crippen LogP contribution < -0.4 is 16.0 Å². The summed E-state index contributed by atoms with van der Waals surface area (Å²) in [6, 6.07) is 3.44. The molecule has 3 aliphatic heterocycles. The number of nitrogens with zero attached hydrogens (tertiary/aromatic N) is 1. The van der Waals surface area contributed by atoms with Gasteiger partial charge in [-0.1, -0.05) is 0 Å². The first-order valence-corrected chi connectivity index (χ1v) is 9.36. The van der Waals surface area contributed by atoms with Gasteiger partial charge in [-0.15, -0.1) is 0 Å². The second-order valence-electron chi connectivity index (χ2n) is 7.10. The van der Waals surface area contributed by atoms with Crippen molar-refractivity contribution in [2.75, 3.05) is 19.3 Å². The Morgan fingerprint density at radius 1 is 1.05 bits per heavy atom. The van der Waals surface area contributed by atoms with Gasteiger partial charge < -0.3 is 10.6 Å². The van der Waals surface area contributed by atoms with E-state index in [2.05, 4.69) is 46.6 Å². The van der Waals surface area contributed by atoms with Crippen molar-refractivity contribution in [3.8, 4) is 0 Å². The molecule has 4 nitrogen and oxygen atoms in total. The standard InChI is InChI=1S/C15H28N4S/c1-9-17-12-6-11-10(7-14(12)19(9)2)16-8-13(18-11)15-4-3-5-20-15/h9-18H,3-8H2,1-2H3. The highest BCUT2D eigenvalue weighted by Gasteiger charge is 2.46. The van der Waals surface area contributed by atoms with Gasteiger partial charge in [0, 0.05) is 42.0 Å². The average molecular weight is 296 g/mol. The number of hydrogen-bond donors (Lipinski definition) is 3. The molecule has 5 heteroatoms. The monoisotopic (exact) mass is 296 g/mol. The minimum absolute atomic E-state index is 0.534. The summed E-state index contributed by atoms with van der Waals surface area (Å²) in [5.41, 5.74) is 0. The van der Waals surface area contributed by atoms with Gasteiger partial charge in [0.1, 0.15) is 0 Å². The molecule has 0 aromatic heterocycles. The quantitative estimate of drug-likeness (QED) is 0.661. The van der Waals surface area contributed by atoms with Crippen LogP contribution >= 0.6 is 11.8 Å². The zero-order chi connectivity index (χ0) is 13.7. The van der Waals surface area contributed by atoms with Gasteiger partial charge in [0.15, 0.2) is 0 Å². The van der Waals surface area contributed by atoms with Crippen LogP contribution in [0, 0.1) is 0 Å². The summed E-state index contributed by atoms with van der Waals surface area (Å²) in [4.78, 5) is 2.53. The van der Waals surface area contributed by atoms with E-state index in [-0.39, 0.29) is 0 Å². The van der Waals surface area contributed by atoms with Gasteiger partial charge in [-0.05, 0) is 45.4 Å². The summed E-state index contributed by atoms with van der Waals surface area (Å²) in [5, 5.41) is 12.5. The van der Waals surface area contributed by atoms with E-state index in [0.29, 0.717) is 30.3 Å². The molecule has 7 atom stereocenters. The maximum atomic E-state index is 4.00. The van der Waals surface area contributed by atoms with E-state index in [4.69, 9.17) is 0 Å². The fourth-order valence-electron chi connectivity index (χ4n) is 4.71. The van der Waals surface area contributed by atoms with Crippen molar-refractivity contribution in [1.82, 2.24) is 20.9 Å². The highest BCUT2D eigenvalue weighted by Crippen LogP contribution is 2.34. The summed E-state index contributed by atoms with van der Waals surface area (Å²) in [6.45, 7) is 3.46. The van der Waals surface area contributed by atoms with Crippen molar-refractivity contribution < 1.29 is 0 Å². The number of rotatable bonds is 1. The van der Waals surface area contributed by atoms with Crippen LogP contribution in [0.4, 0.5) is 0 Å². The lowest BCUT2D eigenvalue weighted by Crippen LogP contribution is -2.67. The molecule has 4 rings (SSSR count). The zero-order valence-electron chi connectivity index (χ0n) is 12.6. The van der Waals surface area contributed by atoms with Crippen LogP contribution in [0.25, 0.3) is 0 Å². The SMILES string of the molecule is CC1NC2CC3NC(C4CCCS4)CNC3CC2N1C. The Balaban J connectivity index is 1.42. The van der Waals surface area contributed by atoms with Gasteiger partial charge in [0.25, 0.3) is 0 Å². The summed E-state index contributed by atoms with van der Waals surface area (Å²) >= 11 is 2.18. The Morgan fingerprint density at radius 3 is 2.75 bits per heavy atom. The maximum absolute atomic E-state index is 4.00. The molecule has 3 heterocycles. The molecule has 7 unspecified atom stereocenters. The molecule has 0 bridgehead atoms. The molecule has 0 aromatic carbocycles. The molecule has 0 aromatic rings. The number of thioether (sulfide) groups is 1. The minimum Gasteiger partial charge on any atom is -0.311 e. The van der Waals surface area contributed by atoms with E-state index in [1.54, 1.807) is 0 Å². The Labute approximate surface area is 126 Å². The fraction of sp³-hybridized carbons (Fsp3) is 1.00. The predicted octanol–water partition coefficient (Wildman–Crippen LogP) is 0.593. The minimum atomic E-state index is 0.534. The molecule has 4 aliphatic rings. The van der Waals surface area contributed by atoms with Gasteiger partial charge in [-0.25, -0.2) is 0 Å². The maximum Gasteiger partial charge on any atom is 0.0571 e. The normalized spacial score (nSPS) is 52.8. The predicted molar refractivity (Wildman–Crippen MR) is 85.2 cm³/mol. The van der Waals surface area contributed by atoms with Gasteiger partial charge in [-0.2, -0.15) is 11.8 Å². The highest BCUT2D eigenvalue weighted by molar-refractivity contribution is 8.00. The van der Waals surface area contributed by atoms with Crippen LogP contribution in [0.15, 0.2) is 0 Å². The third-order valence-corrected chi connectivity index (χ3v) is 7.50. The topological polar surface area (TPSA) is 39.3 Å². The Bertz CT molecular complexity index is 356. The fourth-order valence-corrected chi connectivity index (χ4v) is 6.08. The van der Waals surface area contributed by atoms with Crippen molar-refractivity contribution in [3.63, 3.8) is 0 Å². The molecule has 1 saturated carbocycles. The smallest absolute Gasteiger partial charge is 0.0571 e. The van der Waals surface area contributed by atoms with Gasteiger partial charge in [0.05, 0.1) is 6.17 Å². The van der Waals surface area contributed by atoms with E-state index < -0.39 is 0 Å². The summed E-state index contributed by atoms with van der Waals surface area (Å²) < 4.78 is 0. The number of likely N-dealkylation sites (N-methyl/N-ethyl adjacent to an activating group) is 1. The molecule has 0 radical (unpaired) electrons. The second-order valence-corrected chi connectivity index (χ2v) is 8.45. The molecule has 3 saturated heterocycles. The summed E-state index contributed by atoms with van der Waals surface area (Å²) in [5.74, 6) is 1.37. The Morgan fingerprint density at radius 2 is 1.95 bits per heavy atom. The third kappa shape index (κ3) is 2.31. The first-order chi connectivity index (χ1) is 9.72. The lowest BCUT2D eigenvalue weighted by Gasteiger charge is -2.47. The third-order valence-electron chi connectivity index (χ3n) is 5.98. The molecule has 0 amide bonds. The summed E-state index contributed by atoms with van der Waals surface area (Å²) in [6.07, 6.45) is 5.93. The largest absolute Gasteiger partial charge is 0.311 e. The highest BCUT2D eigenvalue weighted by atomic mass is 32.2. The van der Waals surface area contributed by atoms with E-state index in [0.717, 1.165) is 11.3 Å². The number of nitrogens with one attached hydrogen (secondary N) is 3. The van der Waals surface area contributed by atoms with Gasteiger partial charge in [0.2, 0.25) is 0 Å². The Hall–Kier alpha value is 0.190. The Kier molecular flexibility index (Phi) is 3.75. The van der Waals surface area contributed by atoms with Crippen LogP contribution in [0.3, 0.4) is 0 Å². The molecule has 1 aliphatic carbocycles. The van der Waals surface area contributed by atoms with Crippen LogP contribution in [-0.4, -0.2) is 65.9 Å². The van der Waals surface area contributed by atoms with Gasteiger partial charge >= 0.3 is 0 Å². The lowest BCUT2D eigenvalue weighted by molar-refractivity contribution is 0.137. The van der Waals surface area contributed by atoms with E-state index in [9.17, 15) is 0 Å². The van der Waals surface area contributed by atoms with Crippen molar-refractivity contribution in [2.45, 2.75) is 74.2 Å². The first-order valence-electron chi connectivity index (χ1n) is 8.31. The van der Waals surface area contributed by atoms with E-state index >= 15 is 0 Å². The van der Waals surface area contributed by atoms with E-state index in [1.807, 2.05) is 0 Å². The summed E-state index contributed by atoms with van der Waals surface area (Å²) in [7, 11) is 2.27. The van der Waals surface area contributed by atoms with Crippen LogP contribution in [0.5, 0.6) is 0 Å². The number of piperazine rings is 1. The van der Waals surface area contributed by atoms with Crippen LogP contribution in [0.1, 0.15) is 32.6 Å². The molecular formula is C15H28N4S. The van der Waals surface area contributed by atoms with Crippen molar-refractivity contribution >= 4 is 11.8 Å².